The smallest absolute Gasteiger partial charge is 0.306 e. The molecule has 0 aliphatic rings. The summed E-state index contributed by atoms with van der Waals surface area (Å²) in [6, 6.07) is 0. The number of aliphatic carboxylic acids is 1. The first kappa shape index (κ1) is 67.5. The molecule has 0 heterocycles. The number of unbranched alkanes of at least 4 members (excludes halogenated alkanes) is 23. The average Bonchev–Trinajstić information content (AvgIpc) is 3.34. The monoisotopic (exact) mass is 994 g/mol. The zero-order valence-electron chi connectivity index (χ0n) is 46.3. The molecule has 2 atom stereocenters. The van der Waals surface area contributed by atoms with Crippen molar-refractivity contribution in [2.24, 2.45) is 0 Å². The first-order chi connectivity index (χ1) is 34.6. The van der Waals surface area contributed by atoms with Crippen molar-refractivity contribution in [1.29, 1.82) is 0 Å². The van der Waals surface area contributed by atoms with Crippen molar-refractivity contribution in [3.05, 3.63) is 85.1 Å². The Bertz CT molecular complexity index is 1440. The predicted molar refractivity (Wildman–Crippen MR) is 297 cm³/mol. The Morgan fingerprint density at radius 1 is 0.437 bits per heavy atom. The van der Waals surface area contributed by atoms with Crippen LogP contribution in [0.25, 0.3) is 0 Å². The van der Waals surface area contributed by atoms with Crippen LogP contribution in [0.5, 0.6) is 0 Å². The number of carboxylic acid groups (broad SMARTS) is 1. The molecule has 0 bridgehead atoms. The number of likely N-dealkylation sites (N-methyl/N-ethyl adjacent to an activating group) is 1. The van der Waals surface area contributed by atoms with Crippen LogP contribution in [-0.4, -0.2) is 82.3 Å². The van der Waals surface area contributed by atoms with Crippen molar-refractivity contribution in [3.63, 3.8) is 0 Å². The molecule has 9 heteroatoms. The van der Waals surface area contributed by atoms with E-state index in [0.29, 0.717) is 23.9 Å². The summed E-state index contributed by atoms with van der Waals surface area (Å²) in [5, 5.41) is 11.7. The number of hydrogen-bond donors (Lipinski definition) is 0. The van der Waals surface area contributed by atoms with Crippen LogP contribution in [0, 0.1) is 0 Å². The second-order valence-corrected chi connectivity index (χ2v) is 20.2. The Kier molecular flexibility index (Phi) is 50.2. The van der Waals surface area contributed by atoms with Crippen LogP contribution in [0.4, 0.5) is 0 Å². The highest BCUT2D eigenvalue weighted by molar-refractivity contribution is 5.70. The number of carboxylic acids is 1. The van der Waals surface area contributed by atoms with E-state index in [2.05, 4.69) is 98.9 Å². The van der Waals surface area contributed by atoms with Gasteiger partial charge in [0, 0.05) is 12.8 Å². The average molecular weight is 995 g/mol. The van der Waals surface area contributed by atoms with E-state index in [-0.39, 0.29) is 32.2 Å². The minimum absolute atomic E-state index is 0.146. The number of esters is 2. The lowest BCUT2D eigenvalue weighted by Crippen LogP contribution is -2.44. The second kappa shape index (κ2) is 52.8. The summed E-state index contributed by atoms with van der Waals surface area (Å²) in [4.78, 5) is 37.1. The first-order valence-corrected chi connectivity index (χ1v) is 28.7. The van der Waals surface area contributed by atoms with E-state index in [1.54, 1.807) is 0 Å². The molecule has 71 heavy (non-hydrogen) atoms. The molecule has 0 spiro atoms. The van der Waals surface area contributed by atoms with E-state index in [4.69, 9.17) is 18.9 Å². The lowest BCUT2D eigenvalue weighted by Gasteiger charge is -2.26. The summed E-state index contributed by atoms with van der Waals surface area (Å²) in [5.74, 6) is -2.28. The fraction of sp³-hybridized carbons (Fsp3) is 0.726. The first-order valence-electron chi connectivity index (χ1n) is 28.7. The van der Waals surface area contributed by atoms with Gasteiger partial charge in [0.1, 0.15) is 13.2 Å². The molecule has 0 N–H and O–H groups in total. The minimum atomic E-state index is -1.62. The molecule has 0 rings (SSSR count). The summed E-state index contributed by atoms with van der Waals surface area (Å²) < 4.78 is 22.6. The van der Waals surface area contributed by atoms with Gasteiger partial charge in [-0.3, -0.25) is 9.59 Å². The van der Waals surface area contributed by atoms with Crippen LogP contribution >= 0.6 is 0 Å². The highest BCUT2D eigenvalue weighted by Crippen LogP contribution is 2.16. The number of allylic oxidation sites excluding steroid dienone is 14. The molecule has 0 aromatic rings. The molecule has 0 aromatic heterocycles. The molecule has 0 radical (unpaired) electrons. The zero-order valence-corrected chi connectivity index (χ0v) is 46.3. The van der Waals surface area contributed by atoms with Crippen LogP contribution in [0.2, 0.25) is 0 Å². The van der Waals surface area contributed by atoms with Gasteiger partial charge in [0.2, 0.25) is 0 Å². The fourth-order valence-electron chi connectivity index (χ4n) is 7.75. The Labute approximate surface area is 436 Å². The van der Waals surface area contributed by atoms with E-state index in [0.717, 1.165) is 83.5 Å². The molecule has 2 unspecified atom stereocenters. The van der Waals surface area contributed by atoms with Gasteiger partial charge in [0.25, 0.3) is 0 Å². The van der Waals surface area contributed by atoms with Gasteiger partial charge in [-0.05, 0) is 70.6 Å². The van der Waals surface area contributed by atoms with Gasteiger partial charge in [0.15, 0.2) is 12.4 Å². The molecule has 0 saturated carbocycles. The van der Waals surface area contributed by atoms with Gasteiger partial charge in [-0.1, -0.05) is 234 Å². The fourth-order valence-corrected chi connectivity index (χ4v) is 7.75. The van der Waals surface area contributed by atoms with E-state index >= 15 is 0 Å². The van der Waals surface area contributed by atoms with Gasteiger partial charge in [-0.2, -0.15) is 0 Å². The van der Waals surface area contributed by atoms with Crippen molar-refractivity contribution >= 4 is 17.9 Å². The largest absolute Gasteiger partial charge is 0.545 e. The number of nitrogens with zero attached hydrogens (tertiary/aromatic N) is 1. The number of hydrogen-bond acceptors (Lipinski definition) is 8. The normalized spacial score (nSPS) is 13.4. The summed E-state index contributed by atoms with van der Waals surface area (Å²) in [7, 11) is 5.91. The van der Waals surface area contributed by atoms with Crippen LogP contribution in [-0.2, 0) is 33.3 Å². The molecule has 9 nitrogen and oxygen atoms in total. The molecule has 0 saturated heterocycles. The Morgan fingerprint density at radius 2 is 0.803 bits per heavy atom. The quantitative estimate of drug-likeness (QED) is 0.0195. The van der Waals surface area contributed by atoms with Gasteiger partial charge in [-0.15, -0.1) is 0 Å². The molecular weight excluding hydrogens is 887 g/mol. The van der Waals surface area contributed by atoms with Gasteiger partial charge < -0.3 is 33.3 Å². The summed E-state index contributed by atoms with van der Waals surface area (Å²) in [6.07, 6.45) is 66.4. The number of ether oxygens (including phenoxy) is 4. The van der Waals surface area contributed by atoms with Gasteiger partial charge in [-0.25, -0.2) is 0 Å². The van der Waals surface area contributed by atoms with E-state index in [1.807, 2.05) is 21.1 Å². The maximum Gasteiger partial charge on any atom is 0.306 e. The van der Waals surface area contributed by atoms with E-state index < -0.39 is 24.3 Å². The molecule has 0 fully saturated rings. The van der Waals surface area contributed by atoms with Crippen LogP contribution in [0.1, 0.15) is 232 Å². The molecule has 0 aliphatic carbocycles. The minimum Gasteiger partial charge on any atom is -0.545 e. The van der Waals surface area contributed by atoms with Crippen LogP contribution < -0.4 is 5.11 Å². The summed E-state index contributed by atoms with van der Waals surface area (Å²) >= 11 is 0. The van der Waals surface area contributed by atoms with E-state index in [9.17, 15) is 19.5 Å². The third-order valence-electron chi connectivity index (χ3n) is 12.2. The number of carbonyl (C=O) groups is 3. The topological polar surface area (TPSA) is 111 Å². The van der Waals surface area contributed by atoms with Crippen LogP contribution in [0.15, 0.2) is 85.1 Å². The maximum atomic E-state index is 12.8. The van der Waals surface area contributed by atoms with E-state index in [1.165, 1.54) is 116 Å². The van der Waals surface area contributed by atoms with Crippen LogP contribution in [0.3, 0.4) is 0 Å². The highest BCUT2D eigenvalue weighted by atomic mass is 16.7. The molecule has 408 valence electrons. The Morgan fingerprint density at radius 3 is 1.20 bits per heavy atom. The standard InChI is InChI=1S/C62H107NO8/c1-6-8-10-12-14-16-18-19-20-21-22-23-24-25-26-27-28-29-30-31-32-33-34-35-36-37-38-39-40-41-43-45-47-49-51-53-60(65)71-58(57-70-62(61(66)67)68-55-54-63(3,4)5)56-69-59(64)52-50-48-46-44-42-17-15-13-11-9-7-2/h8,10,14,16,19-20,22-23,25-26,28-29,31-32,58,62H,6-7,9,11-13,15,17-18,21,24,27,30,33-57H2,1-5H3/b10-8-,16-14-,20-19-,23-22-,26-25-,29-28-,32-31-. The van der Waals surface area contributed by atoms with Crippen molar-refractivity contribution in [2.75, 3.05) is 47.5 Å². The summed E-state index contributed by atoms with van der Waals surface area (Å²) in [5.41, 5.74) is 0. The lowest BCUT2D eigenvalue weighted by molar-refractivity contribution is -0.870. The summed E-state index contributed by atoms with van der Waals surface area (Å²) in [6.45, 7) is 4.62. The number of carbonyl (C=O) groups excluding carboxylic acids is 3. The lowest BCUT2D eigenvalue weighted by atomic mass is 10.0. The Hall–Kier alpha value is -3.53. The third-order valence-corrected chi connectivity index (χ3v) is 12.2. The van der Waals surface area contributed by atoms with Crippen molar-refractivity contribution < 1.29 is 42.9 Å². The van der Waals surface area contributed by atoms with Gasteiger partial charge >= 0.3 is 11.9 Å². The van der Waals surface area contributed by atoms with Crippen molar-refractivity contribution in [3.8, 4) is 0 Å². The van der Waals surface area contributed by atoms with Crippen molar-refractivity contribution in [1.82, 2.24) is 0 Å². The molecular formula is C62H107NO8. The third kappa shape index (κ3) is 54.1. The van der Waals surface area contributed by atoms with Gasteiger partial charge in [0.05, 0.1) is 40.3 Å². The Balaban J connectivity index is 4.10. The SMILES string of the molecule is CC/C=C\C/C=C\C/C=C\C/C=C\C/C=C\C/C=C\C/C=C\CCCCCCCCCCCCCCCC(=O)OC(COC(=O)CCCCCCCCCCCCC)COC(OCC[N+](C)(C)C)C(=O)[O-]. The highest BCUT2D eigenvalue weighted by Gasteiger charge is 2.22. The zero-order chi connectivity index (χ0) is 52.0. The molecule has 0 aliphatic heterocycles. The maximum absolute atomic E-state index is 12.8. The molecule has 0 aromatic carbocycles. The number of quaternary nitrogens is 1. The van der Waals surface area contributed by atoms with Crippen molar-refractivity contribution in [2.45, 2.75) is 245 Å². The number of rotatable bonds is 52. The predicted octanol–water partition coefficient (Wildman–Crippen LogP) is 15.5. The molecule has 0 amide bonds. The second-order valence-electron chi connectivity index (χ2n) is 20.2.